The summed E-state index contributed by atoms with van der Waals surface area (Å²) < 4.78 is 83.9. The lowest BCUT2D eigenvalue weighted by Crippen LogP contribution is -2.54. The minimum Gasteiger partial charge on any atom is -0.367 e. The van der Waals surface area contributed by atoms with Crippen LogP contribution in [0.15, 0.2) is 12.1 Å². The number of rotatable bonds is 4. The van der Waals surface area contributed by atoms with Gasteiger partial charge in [0.25, 0.3) is 11.8 Å². The fourth-order valence-electron chi connectivity index (χ4n) is 3.87. The zero-order valence-corrected chi connectivity index (χ0v) is 16.2. The summed E-state index contributed by atoms with van der Waals surface area (Å²) in [7, 11) is 0. The molecular weight excluding hydrogens is 405 g/mol. The summed E-state index contributed by atoms with van der Waals surface area (Å²) in [6.07, 6.45) is -0.329. The number of carbonyl (C=O) groups excluding carboxylic acids is 4. The Morgan fingerprint density at radius 2 is 1.71 bits per heavy atom. The van der Waals surface area contributed by atoms with Gasteiger partial charge in [0.1, 0.15) is 11.9 Å². The average molecular weight is 438 g/mol. The fraction of sp³-hybridized carbons (Fsp3) is 0.524. The van der Waals surface area contributed by atoms with Crippen molar-refractivity contribution in [2.75, 3.05) is 50.5 Å². The predicted molar refractivity (Wildman–Crippen MR) is 108 cm³/mol. The highest BCUT2D eigenvalue weighted by Gasteiger charge is 2.45. The van der Waals surface area contributed by atoms with Gasteiger partial charge in [-0.2, -0.15) is 0 Å². The first kappa shape index (κ1) is 12.9. The van der Waals surface area contributed by atoms with E-state index < -0.39 is 78.3 Å². The van der Waals surface area contributed by atoms with Crippen LogP contribution in [0.1, 0.15) is 44.5 Å². The minimum atomic E-state index is -3.37. The molecule has 1 aromatic carbocycles. The molecule has 1 aromatic rings. The number of anilines is 1. The molecule has 164 valence electrons. The Kier molecular flexibility index (Phi) is 3.19. The molecule has 4 aliphatic rings. The Hall–Kier alpha value is -2.85. The van der Waals surface area contributed by atoms with E-state index in [2.05, 4.69) is 5.32 Å². The molecule has 1 atom stereocenters. The molecule has 9 nitrogen and oxygen atoms in total. The number of imide groups is 2. The van der Waals surface area contributed by atoms with Crippen LogP contribution in [0.4, 0.5) is 10.1 Å². The number of nitrogens with zero attached hydrogens (tertiary/aromatic N) is 3. The number of fused-ring (bicyclic) bond motifs is 1. The highest BCUT2D eigenvalue weighted by molar-refractivity contribution is 6.23. The van der Waals surface area contributed by atoms with Gasteiger partial charge in [0.2, 0.25) is 11.8 Å². The summed E-state index contributed by atoms with van der Waals surface area (Å²) in [4.78, 5) is 51.0. The lowest BCUT2D eigenvalue weighted by atomic mass is 10.0. The van der Waals surface area contributed by atoms with E-state index in [9.17, 15) is 19.2 Å². The maximum atomic E-state index is 15.5. The Labute approximate surface area is 189 Å². The first-order chi connectivity index (χ1) is 17.9. The molecule has 31 heavy (non-hydrogen) atoms. The molecular formula is C21H24FN5O4. The molecule has 3 saturated heterocycles. The fourth-order valence-corrected chi connectivity index (χ4v) is 3.87. The minimum absolute atomic E-state index is 0.00244. The third-order valence-electron chi connectivity index (χ3n) is 5.65. The number of benzene rings is 1. The van der Waals surface area contributed by atoms with Gasteiger partial charge in [-0.05, 0) is 24.5 Å². The number of hydrogen-bond acceptors (Lipinski definition) is 7. The topological polar surface area (TPSA) is 102 Å². The lowest BCUT2D eigenvalue weighted by Gasteiger charge is -2.39. The summed E-state index contributed by atoms with van der Waals surface area (Å²) >= 11 is 0. The first-order valence-electron chi connectivity index (χ1n) is 13.8. The molecule has 4 amide bonds. The number of nitrogens with one attached hydrogen (secondary N) is 2. The Morgan fingerprint density at radius 1 is 1.03 bits per heavy atom. The summed E-state index contributed by atoms with van der Waals surface area (Å²) in [5, 5.41) is 4.95. The smallest absolute Gasteiger partial charge is 0.262 e. The Balaban J connectivity index is 1.58. The van der Waals surface area contributed by atoms with Crippen molar-refractivity contribution in [1.82, 2.24) is 20.4 Å². The summed E-state index contributed by atoms with van der Waals surface area (Å²) in [6, 6.07) is -0.141. The highest BCUT2D eigenvalue weighted by Crippen LogP contribution is 2.33. The maximum Gasteiger partial charge on any atom is 0.262 e. The molecule has 5 rings (SSSR count). The third-order valence-corrected chi connectivity index (χ3v) is 5.65. The van der Waals surface area contributed by atoms with E-state index in [1.807, 2.05) is 5.32 Å². The van der Waals surface area contributed by atoms with Crippen molar-refractivity contribution in [3.05, 3.63) is 29.1 Å². The van der Waals surface area contributed by atoms with Gasteiger partial charge in [-0.3, -0.25) is 34.3 Å². The van der Waals surface area contributed by atoms with Gasteiger partial charge in [-0.15, -0.1) is 0 Å². The van der Waals surface area contributed by atoms with Crippen molar-refractivity contribution in [2.24, 2.45) is 5.92 Å². The molecule has 1 unspecified atom stereocenters. The number of piperazine rings is 1. The van der Waals surface area contributed by atoms with Crippen LogP contribution in [0.5, 0.6) is 0 Å². The molecule has 0 saturated carbocycles. The highest BCUT2D eigenvalue weighted by atomic mass is 19.1. The Morgan fingerprint density at radius 3 is 2.32 bits per heavy atom. The number of halogens is 1. The Bertz CT molecular complexity index is 1280. The molecule has 4 heterocycles. The summed E-state index contributed by atoms with van der Waals surface area (Å²) in [5.74, 6) is -5.31. The van der Waals surface area contributed by atoms with E-state index in [0.29, 0.717) is 35.0 Å². The monoisotopic (exact) mass is 437 g/mol. The van der Waals surface area contributed by atoms with E-state index >= 15 is 4.39 Å². The lowest BCUT2D eigenvalue weighted by molar-refractivity contribution is -0.136. The van der Waals surface area contributed by atoms with E-state index in [4.69, 9.17) is 11.0 Å². The maximum absolute atomic E-state index is 15.5. The number of hydrogen-bond donors (Lipinski definition) is 2. The van der Waals surface area contributed by atoms with E-state index in [-0.39, 0.29) is 30.2 Å². The van der Waals surface area contributed by atoms with Crippen LogP contribution >= 0.6 is 0 Å². The van der Waals surface area contributed by atoms with Gasteiger partial charge in [0.15, 0.2) is 0 Å². The normalized spacial score (nSPS) is 35.3. The third kappa shape index (κ3) is 3.49. The average Bonchev–Trinajstić information content (AvgIpc) is 3.01. The zero-order valence-electron chi connectivity index (χ0n) is 24.2. The number of carbonyl (C=O) groups is 4. The van der Waals surface area contributed by atoms with Gasteiger partial charge in [0.05, 0.1) is 22.3 Å². The SMILES string of the molecule is [2H]C1([2H])N(CC2CNC2)C([2H])([2H])C([2H])([2H])N(c2cc3c(cc2F)C(=O)N(C2CCC(=O)NC2=O)C3=O)C1([2H])[2H]. The zero-order chi connectivity index (χ0) is 28.9. The molecule has 10 heteroatoms. The standard InChI is InChI=1S/C21H24FN5O4/c22-15-7-13-14(21(31)27(20(13)30)16-1-2-18(28)24-19(16)29)8-17(15)26-5-3-25(4-6-26)11-12-9-23-10-12/h7-8,12,16,23H,1-6,9-11H2,(H,24,28,29)/i3D2,4D2,5D2,6D2. The van der Waals surface area contributed by atoms with E-state index in [1.54, 1.807) is 0 Å². The largest absolute Gasteiger partial charge is 0.367 e. The van der Waals surface area contributed by atoms with Crippen LogP contribution in [0, 0.1) is 11.7 Å². The van der Waals surface area contributed by atoms with E-state index in [1.165, 1.54) is 0 Å². The molecule has 0 radical (unpaired) electrons. The molecule has 0 aliphatic carbocycles. The second-order valence-electron chi connectivity index (χ2n) is 7.71. The van der Waals surface area contributed by atoms with Crippen LogP contribution in [0.3, 0.4) is 0 Å². The molecule has 0 aromatic heterocycles. The van der Waals surface area contributed by atoms with Crippen molar-refractivity contribution in [3.8, 4) is 0 Å². The van der Waals surface area contributed by atoms with E-state index in [0.717, 1.165) is 0 Å². The molecule has 3 fully saturated rings. The van der Waals surface area contributed by atoms with Gasteiger partial charge in [-0.25, -0.2) is 4.39 Å². The van der Waals surface area contributed by atoms with Gasteiger partial charge in [0, 0.05) is 57.5 Å². The van der Waals surface area contributed by atoms with Crippen molar-refractivity contribution in [2.45, 2.75) is 18.9 Å². The van der Waals surface area contributed by atoms with Crippen LogP contribution in [0.25, 0.3) is 0 Å². The molecule has 0 bridgehead atoms. The first-order valence-corrected chi connectivity index (χ1v) is 9.78. The second kappa shape index (κ2) is 7.69. The van der Waals surface area contributed by atoms with Crippen molar-refractivity contribution in [3.63, 3.8) is 0 Å². The van der Waals surface area contributed by atoms with Crippen molar-refractivity contribution < 1.29 is 34.5 Å². The van der Waals surface area contributed by atoms with Crippen LogP contribution in [0.2, 0.25) is 0 Å². The molecule has 0 spiro atoms. The molecule has 2 N–H and O–H groups in total. The van der Waals surface area contributed by atoms with Gasteiger partial charge < -0.3 is 10.2 Å². The second-order valence-corrected chi connectivity index (χ2v) is 7.71. The van der Waals surface area contributed by atoms with Crippen LogP contribution in [-0.2, 0) is 9.59 Å². The number of piperidine rings is 1. The van der Waals surface area contributed by atoms with Gasteiger partial charge in [-0.1, -0.05) is 0 Å². The summed E-state index contributed by atoms with van der Waals surface area (Å²) in [5.41, 5.74) is -1.97. The van der Waals surface area contributed by atoms with Crippen LogP contribution < -0.4 is 15.5 Å². The van der Waals surface area contributed by atoms with Crippen molar-refractivity contribution in [1.29, 1.82) is 0 Å². The predicted octanol–water partition coefficient (Wildman–Crippen LogP) is -0.432. The van der Waals surface area contributed by atoms with Crippen LogP contribution in [-0.4, -0.2) is 85.1 Å². The number of amides is 4. The van der Waals surface area contributed by atoms with Gasteiger partial charge >= 0.3 is 0 Å². The summed E-state index contributed by atoms with van der Waals surface area (Å²) in [6.45, 7) is -12.6. The quantitative estimate of drug-likeness (QED) is 0.617. The molecule has 4 aliphatic heterocycles. The van der Waals surface area contributed by atoms with Crippen molar-refractivity contribution >= 4 is 29.3 Å².